The van der Waals surface area contributed by atoms with Crippen molar-refractivity contribution in [2.45, 2.75) is 25.8 Å². The van der Waals surface area contributed by atoms with E-state index in [0.29, 0.717) is 12.0 Å². The minimum atomic E-state index is -0.406. The molecule has 0 spiro atoms. The smallest absolute Gasteiger partial charge is 0.252 e. The Kier molecular flexibility index (Phi) is 5.00. The highest BCUT2D eigenvalue weighted by Crippen LogP contribution is 2.11. The molecule has 1 aromatic rings. The van der Waals surface area contributed by atoms with Gasteiger partial charge in [0.05, 0.1) is 6.07 Å². The second kappa shape index (κ2) is 6.29. The zero-order valence-electron chi connectivity index (χ0n) is 9.03. The third-order valence-electron chi connectivity index (χ3n) is 2.13. The number of hydrogen-bond acceptors (Lipinski definition) is 2. The summed E-state index contributed by atoms with van der Waals surface area (Å²) in [5.41, 5.74) is 0.561. The summed E-state index contributed by atoms with van der Waals surface area (Å²) in [5.74, 6) is -0.207. The van der Waals surface area contributed by atoms with Crippen molar-refractivity contribution >= 4 is 21.8 Å². The molecule has 1 unspecified atom stereocenters. The summed E-state index contributed by atoms with van der Waals surface area (Å²) in [6, 6.07) is 8.77. The molecule has 0 saturated heterocycles. The molecular weight excluding hydrogens is 268 g/mol. The molecule has 0 saturated carbocycles. The topological polar surface area (TPSA) is 52.9 Å². The Morgan fingerprint density at radius 2 is 2.38 bits per heavy atom. The summed E-state index contributed by atoms with van der Waals surface area (Å²) in [4.78, 5) is 11.8. The van der Waals surface area contributed by atoms with Gasteiger partial charge in [-0.1, -0.05) is 35.3 Å². The monoisotopic (exact) mass is 280 g/mol. The van der Waals surface area contributed by atoms with Crippen LogP contribution in [-0.4, -0.2) is 11.9 Å². The van der Waals surface area contributed by atoms with Gasteiger partial charge >= 0.3 is 0 Å². The fraction of sp³-hybridized carbons (Fsp3) is 0.333. The van der Waals surface area contributed by atoms with Crippen molar-refractivity contribution in [2.75, 3.05) is 0 Å². The summed E-state index contributed by atoms with van der Waals surface area (Å²) in [6.07, 6.45) is 1.55. The average molecular weight is 281 g/mol. The van der Waals surface area contributed by atoms with E-state index in [1.165, 1.54) is 0 Å². The largest absolute Gasteiger partial charge is 0.336 e. The molecule has 0 aliphatic carbocycles. The Morgan fingerprint density at radius 1 is 1.62 bits per heavy atom. The SMILES string of the molecule is CCCC(C#N)NC(=O)c1cccc(Br)c1. The number of carbonyl (C=O) groups excluding carboxylic acids is 1. The zero-order valence-corrected chi connectivity index (χ0v) is 10.6. The molecule has 0 radical (unpaired) electrons. The van der Waals surface area contributed by atoms with E-state index in [2.05, 4.69) is 27.3 Å². The van der Waals surface area contributed by atoms with Gasteiger partial charge in [-0.25, -0.2) is 0 Å². The van der Waals surface area contributed by atoms with Gasteiger partial charge in [0, 0.05) is 10.0 Å². The minimum Gasteiger partial charge on any atom is -0.336 e. The van der Waals surface area contributed by atoms with E-state index in [1.54, 1.807) is 18.2 Å². The number of nitrogens with zero attached hydrogens (tertiary/aromatic N) is 1. The predicted molar refractivity (Wildman–Crippen MR) is 65.9 cm³/mol. The molecule has 1 amide bonds. The molecule has 16 heavy (non-hydrogen) atoms. The number of rotatable bonds is 4. The first-order valence-corrected chi connectivity index (χ1v) is 5.92. The maximum atomic E-state index is 11.8. The van der Waals surface area contributed by atoms with Crippen LogP contribution in [0.3, 0.4) is 0 Å². The molecule has 1 aromatic carbocycles. The maximum absolute atomic E-state index is 11.8. The van der Waals surface area contributed by atoms with Crippen LogP contribution in [-0.2, 0) is 0 Å². The molecule has 84 valence electrons. The Labute approximate surface area is 104 Å². The fourth-order valence-electron chi connectivity index (χ4n) is 1.33. The number of halogens is 1. The van der Waals surface area contributed by atoms with Gasteiger partial charge in [-0.15, -0.1) is 0 Å². The van der Waals surface area contributed by atoms with Crippen LogP contribution in [0.1, 0.15) is 30.1 Å². The molecule has 0 fully saturated rings. The number of carbonyl (C=O) groups is 1. The van der Waals surface area contributed by atoms with Crippen LogP contribution in [0.15, 0.2) is 28.7 Å². The highest BCUT2D eigenvalue weighted by atomic mass is 79.9. The van der Waals surface area contributed by atoms with Crippen molar-refractivity contribution in [3.05, 3.63) is 34.3 Å². The maximum Gasteiger partial charge on any atom is 0.252 e. The lowest BCUT2D eigenvalue weighted by atomic mass is 10.1. The first-order valence-electron chi connectivity index (χ1n) is 5.13. The quantitative estimate of drug-likeness (QED) is 0.922. The van der Waals surface area contributed by atoms with Crippen LogP contribution in [0.25, 0.3) is 0 Å². The molecule has 3 nitrogen and oxygen atoms in total. The summed E-state index contributed by atoms with van der Waals surface area (Å²) in [5, 5.41) is 11.5. The van der Waals surface area contributed by atoms with Gasteiger partial charge in [0.1, 0.15) is 6.04 Å². The van der Waals surface area contributed by atoms with E-state index in [4.69, 9.17) is 5.26 Å². The number of hydrogen-bond donors (Lipinski definition) is 1. The second-order valence-corrected chi connectivity index (χ2v) is 4.37. The van der Waals surface area contributed by atoms with E-state index in [0.717, 1.165) is 10.9 Å². The minimum absolute atomic E-state index is 0.207. The van der Waals surface area contributed by atoms with Gasteiger partial charge in [0.2, 0.25) is 0 Å². The number of nitrogens with one attached hydrogen (secondary N) is 1. The van der Waals surface area contributed by atoms with Gasteiger partial charge in [0.25, 0.3) is 5.91 Å². The van der Waals surface area contributed by atoms with Crippen molar-refractivity contribution in [1.82, 2.24) is 5.32 Å². The van der Waals surface area contributed by atoms with Crippen molar-refractivity contribution < 1.29 is 4.79 Å². The van der Waals surface area contributed by atoms with Gasteiger partial charge in [0.15, 0.2) is 0 Å². The molecule has 0 bridgehead atoms. The second-order valence-electron chi connectivity index (χ2n) is 3.45. The molecular formula is C12H13BrN2O. The Bertz CT molecular complexity index is 412. The first-order chi connectivity index (χ1) is 7.67. The average Bonchev–Trinajstić information content (AvgIpc) is 2.28. The van der Waals surface area contributed by atoms with Crippen LogP contribution in [0.5, 0.6) is 0 Å². The molecule has 1 rings (SSSR count). The van der Waals surface area contributed by atoms with Gasteiger partial charge in [-0.05, 0) is 24.6 Å². The van der Waals surface area contributed by atoms with E-state index in [-0.39, 0.29) is 5.91 Å². The zero-order chi connectivity index (χ0) is 12.0. The van der Waals surface area contributed by atoms with Crippen LogP contribution >= 0.6 is 15.9 Å². The fourth-order valence-corrected chi connectivity index (χ4v) is 1.73. The lowest BCUT2D eigenvalue weighted by Gasteiger charge is -2.10. The van der Waals surface area contributed by atoms with Gasteiger partial charge in [-0.2, -0.15) is 5.26 Å². The molecule has 0 aliphatic heterocycles. The summed E-state index contributed by atoms with van der Waals surface area (Å²) < 4.78 is 0.851. The van der Waals surface area contributed by atoms with E-state index >= 15 is 0 Å². The molecule has 0 heterocycles. The van der Waals surface area contributed by atoms with Crippen molar-refractivity contribution in [3.8, 4) is 6.07 Å². The molecule has 1 atom stereocenters. The highest BCUT2D eigenvalue weighted by Gasteiger charge is 2.11. The normalized spacial score (nSPS) is 11.6. The van der Waals surface area contributed by atoms with Gasteiger partial charge in [-0.3, -0.25) is 4.79 Å². The number of benzene rings is 1. The van der Waals surface area contributed by atoms with Gasteiger partial charge < -0.3 is 5.32 Å². The van der Waals surface area contributed by atoms with Crippen molar-refractivity contribution in [3.63, 3.8) is 0 Å². The predicted octanol–water partition coefficient (Wildman–Crippen LogP) is 2.87. The lowest BCUT2D eigenvalue weighted by Crippen LogP contribution is -2.33. The summed E-state index contributed by atoms with van der Waals surface area (Å²) >= 11 is 3.30. The van der Waals surface area contributed by atoms with E-state index in [9.17, 15) is 4.79 Å². The first kappa shape index (κ1) is 12.7. The third kappa shape index (κ3) is 3.67. The number of nitriles is 1. The summed E-state index contributed by atoms with van der Waals surface area (Å²) in [7, 11) is 0. The number of amides is 1. The lowest BCUT2D eigenvalue weighted by molar-refractivity contribution is 0.0944. The highest BCUT2D eigenvalue weighted by molar-refractivity contribution is 9.10. The molecule has 4 heteroatoms. The van der Waals surface area contributed by atoms with Crippen LogP contribution in [0.2, 0.25) is 0 Å². The Balaban J connectivity index is 2.69. The molecule has 0 aliphatic rings. The molecule has 1 N–H and O–H groups in total. The van der Waals surface area contributed by atoms with Crippen molar-refractivity contribution in [2.24, 2.45) is 0 Å². The van der Waals surface area contributed by atoms with Crippen LogP contribution < -0.4 is 5.32 Å². The van der Waals surface area contributed by atoms with Crippen molar-refractivity contribution in [1.29, 1.82) is 5.26 Å². The standard InChI is InChI=1S/C12H13BrN2O/c1-2-4-11(8-14)15-12(16)9-5-3-6-10(13)7-9/h3,5-7,11H,2,4H2,1H3,(H,15,16). The van der Waals surface area contributed by atoms with Crippen LogP contribution in [0, 0.1) is 11.3 Å². The molecule has 0 aromatic heterocycles. The van der Waals surface area contributed by atoms with E-state index in [1.807, 2.05) is 13.0 Å². The Morgan fingerprint density at radius 3 is 2.94 bits per heavy atom. The summed E-state index contributed by atoms with van der Waals surface area (Å²) in [6.45, 7) is 1.98. The Hall–Kier alpha value is -1.34. The van der Waals surface area contributed by atoms with Crippen LogP contribution in [0.4, 0.5) is 0 Å². The third-order valence-corrected chi connectivity index (χ3v) is 2.62. The van der Waals surface area contributed by atoms with E-state index < -0.39 is 6.04 Å².